The van der Waals surface area contributed by atoms with Gasteiger partial charge in [-0.15, -0.1) is 0 Å². The van der Waals surface area contributed by atoms with Crippen molar-refractivity contribution < 1.29 is 38.5 Å². The molecule has 2 aliphatic heterocycles. The third-order valence-electron chi connectivity index (χ3n) is 9.27. The third kappa shape index (κ3) is 9.22. The fourth-order valence-corrected chi connectivity index (χ4v) is 6.79. The highest BCUT2D eigenvalue weighted by Gasteiger charge is 2.40. The number of hydrogen-bond donors (Lipinski definition) is 1. The highest BCUT2D eigenvalue weighted by molar-refractivity contribution is 6.67. The van der Waals surface area contributed by atoms with Crippen molar-refractivity contribution >= 4 is 35.4 Å². The number of aldehydes is 2. The summed E-state index contributed by atoms with van der Waals surface area (Å²) in [6, 6.07) is 34.6. The molecule has 2 aliphatic carbocycles. The molecule has 51 heavy (non-hydrogen) atoms. The Kier molecular flexibility index (Phi) is 11.8. The summed E-state index contributed by atoms with van der Waals surface area (Å²) in [4.78, 5) is 44.3. The topological polar surface area (TPSA) is 116 Å². The van der Waals surface area contributed by atoms with Gasteiger partial charge in [-0.05, 0) is 69.3 Å². The predicted octanol–water partition coefficient (Wildman–Crippen LogP) is 7.74. The van der Waals surface area contributed by atoms with Crippen LogP contribution in [-0.2, 0) is 23.8 Å². The van der Waals surface area contributed by atoms with Crippen LogP contribution >= 0.6 is 11.6 Å². The molecule has 2 unspecified atom stereocenters. The Morgan fingerprint density at radius 2 is 1.08 bits per heavy atom. The Morgan fingerprint density at radius 3 is 1.53 bits per heavy atom. The summed E-state index contributed by atoms with van der Waals surface area (Å²) in [7, 11) is 0. The van der Waals surface area contributed by atoms with Crippen molar-refractivity contribution in [2.75, 3.05) is 0 Å². The van der Waals surface area contributed by atoms with E-state index in [1.807, 2.05) is 97.1 Å². The molecule has 1 N–H and O–H groups in total. The van der Waals surface area contributed by atoms with Crippen LogP contribution in [0, 0.1) is 11.8 Å². The quantitative estimate of drug-likeness (QED) is 0.118. The molecule has 0 aromatic heterocycles. The van der Waals surface area contributed by atoms with Crippen molar-refractivity contribution in [3.8, 4) is 22.3 Å². The molecule has 8 nitrogen and oxygen atoms in total. The van der Waals surface area contributed by atoms with E-state index in [4.69, 9.17) is 30.9 Å². The van der Waals surface area contributed by atoms with E-state index in [0.29, 0.717) is 36.8 Å². The zero-order valence-corrected chi connectivity index (χ0v) is 28.4. The second kappa shape index (κ2) is 16.8. The largest absolute Gasteiger partial charge is 0.432 e. The average molecular weight is 705 g/mol. The number of hydrogen-bond acceptors (Lipinski definition) is 8. The lowest BCUT2D eigenvalue weighted by atomic mass is 10.0. The van der Waals surface area contributed by atoms with Gasteiger partial charge < -0.3 is 19.3 Å². The molecule has 0 amide bonds. The van der Waals surface area contributed by atoms with Crippen LogP contribution in [0.15, 0.2) is 132 Å². The maximum atomic E-state index is 12.3. The first kappa shape index (κ1) is 35.8. The van der Waals surface area contributed by atoms with Crippen LogP contribution in [0.25, 0.3) is 22.3 Å². The minimum absolute atomic E-state index is 0.0431. The van der Waals surface area contributed by atoms with Gasteiger partial charge in [-0.1, -0.05) is 97.1 Å². The molecule has 0 bridgehead atoms. The number of aliphatic hydroxyl groups excluding tert-OH is 1. The molecule has 4 aromatic rings. The van der Waals surface area contributed by atoms with Crippen molar-refractivity contribution in [2.45, 2.75) is 50.5 Å². The summed E-state index contributed by atoms with van der Waals surface area (Å²) in [5.41, 5.74) is 6.98. The van der Waals surface area contributed by atoms with Crippen molar-refractivity contribution in [2.24, 2.45) is 11.8 Å². The Bertz CT molecular complexity index is 1890. The van der Waals surface area contributed by atoms with Crippen LogP contribution in [0.1, 0.15) is 46.4 Å². The fourth-order valence-electron chi connectivity index (χ4n) is 6.66. The summed E-state index contributed by atoms with van der Waals surface area (Å²) in [6.07, 6.45) is 6.97. The second-order valence-corrected chi connectivity index (χ2v) is 13.1. The summed E-state index contributed by atoms with van der Waals surface area (Å²) in [5, 5.41) is 8.63. The number of carbonyl (C=O) groups excluding carboxylic acids is 4. The minimum atomic E-state index is -0.616. The van der Waals surface area contributed by atoms with Gasteiger partial charge in [0.2, 0.25) is 6.29 Å². The van der Waals surface area contributed by atoms with Gasteiger partial charge in [0.1, 0.15) is 12.6 Å². The van der Waals surface area contributed by atoms with Gasteiger partial charge in [0.25, 0.3) is 5.24 Å². The summed E-state index contributed by atoms with van der Waals surface area (Å²) in [5.74, 6) is 0.0489. The van der Waals surface area contributed by atoms with Gasteiger partial charge in [0.05, 0.1) is 17.8 Å². The van der Waals surface area contributed by atoms with Crippen molar-refractivity contribution in [3.63, 3.8) is 0 Å². The molecule has 0 saturated carbocycles. The monoisotopic (exact) mass is 704 g/mol. The van der Waals surface area contributed by atoms with Gasteiger partial charge in [-0.3, -0.25) is 14.4 Å². The Hall–Kier alpha value is -4.99. The standard InChI is InChI=1S/C21H18O4.C13H9ClO.C8H10O3/c22-13-14-10-18-12-20(24-19(18)11-14)25-21(23)17-8-6-16(7-9-17)15-4-2-1-3-5-15;14-13(15)12-8-6-11(7-9-12)10-4-2-1-3-5-10;9-4-5-1-6-3-8(10)11-7(6)2-5/h1-10,13,18-20H,11-12H2;1-9H;1,4,6-8,10H,2-3H2/t18-,19-,20?;;6-,7-,8?/m0.0/s1. The molecule has 4 aliphatic rings. The smallest absolute Gasteiger partial charge is 0.340 e. The highest BCUT2D eigenvalue weighted by Crippen LogP contribution is 2.38. The number of aliphatic hydroxyl groups is 1. The van der Waals surface area contributed by atoms with E-state index in [0.717, 1.165) is 46.0 Å². The number of esters is 1. The highest BCUT2D eigenvalue weighted by atomic mass is 35.5. The minimum Gasteiger partial charge on any atom is -0.432 e. The Labute approximate surface area is 301 Å². The van der Waals surface area contributed by atoms with Crippen LogP contribution < -0.4 is 0 Å². The number of halogens is 1. The van der Waals surface area contributed by atoms with Crippen LogP contribution in [-0.4, -0.2) is 53.7 Å². The molecule has 2 fully saturated rings. The Balaban J connectivity index is 0.000000146. The van der Waals surface area contributed by atoms with E-state index in [1.165, 1.54) is 0 Å². The number of fused-ring (bicyclic) bond motifs is 2. The second-order valence-electron chi connectivity index (χ2n) is 12.7. The van der Waals surface area contributed by atoms with Crippen LogP contribution in [0.3, 0.4) is 0 Å². The molecule has 0 radical (unpaired) electrons. The maximum Gasteiger partial charge on any atom is 0.340 e. The molecule has 0 spiro atoms. The first-order valence-corrected chi connectivity index (χ1v) is 17.2. The van der Waals surface area contributed by atoms with Gasteiger partial charge in [0, 0.05) is 43.1 Å². The van der Waals surface area contributed by atoms with Crippen molar-refractivity contribution in [1.82, 2.24) is 0 Å². The normalized spacial score (nSPS) is 24.0. The van der Waals surface area contributed by atoms with Crippen molar-refractivity contribution in [3.05, 3.63) is 144 Å². The average Bonchev–Trinajstić information content (AvgIpc) is 3.93. The Morgan fingerprint density at radius 1 is 0.627 bits per heavy atom. The molecule has 2 heterocycles. The van der Waals surface area contributed by atoms with Gasteiger partial charge in [0.15, 0.2) is 6.29 Å². The third-order valence-corrected chi connectivity index (χ3v) is 9.49. The zero-order valence-electron chi connectivity index (χ0n) is 27.7. The molecule has 2 saturated heterocycles. The van der Waals surface area contributed by atoms with Gasteiger partial charge in [-0.2, -0.15) is 0 Å². The molecule has 8 rings (SSSR count). The molecule has 4 aromatic carbocycles. The van der Waals surface area contributed by atoms with E-state index >= 15 is 0 Å². The predicted molar refractivity (Wildman–Crippen MR) is 193 cm³/mol. The number of rotatable bonds is 7. The number of ether oxygens (including phenoxy) is 3. The lowest BCUT2D eigenvalue weighted by Crippen LogP contribution is -2.19. The number of carbonyl (C=O) groups is 4. The first-order chi connectivity index (χ1) is 24.8. The van der Waals surface area contributed by atoms with Crippen LogP contribution in [0.4, 0.5) is 0 Å². The molecule has 6 atom stereocenters. The maximum absolute atomic E-state index is 12.3. The lowest BCUT2D eigenvalue weighted by Gasteiger charge is -2.13. The summed E-state index contributed by atoms with van der Waals surface area (Å²) >= 11 is 5.36. The molecule has 260 valence electrons. The van der Waals surface area contributed by atoms with E-state index in [-0.39, 0.29) is 30.0 Å². The summed E-state index contributed by atoms with van der Waals surface area (Å²) in [6.45, 7) is 0. The first-order valence-electron chi connectivity index (χ1n) is 16.8. The lowest BCUT2D eigenvalue weighted by molar-refractivity contribution is -0.108. The van der Waals surface area contributed by atoms with E-state index in [9.17, 15) is 19.2 Å². The van der Waals surface area contributed by atoms with E-state index in [2.05, 4.69) is 0 Å². The van der Waals surface area contributed by atoms with Gasteiger partial charge in [-0.25, -0.2) is 4.79 Å². The van der Waals surface area contributed by atoms with Crippen LogP contribution in [0.2, 0.25) is 0 Å². The van der Waals surface area contributed by atoms with Crippen molar-refractivity contribution in [1.29, 1.82) is 0 Å². The molecule has 9 heteroatoms. The van der Waals surface area contributed by atoms with E-state index < -0.39 is 17.8 Å². The SMILES string of the molecule is O=C(Cl)c1ccc(-c2ccccc2)cc1.O=CC1=C[C@H]2CC(O)O[C@H]2C1.O=CC1=C[C@H]2CC(OC(=O)c3ccc(-c4ccccc4)cc3)O[C@H]2C1. The fraction of sp³-hybridized carbons (Fsp3) is 0.238. The molecular formula is C42H37ClO8. The zero-order chi connectivity index (χ0) is 35.7. The summed E-state index contributed by atoms with van der Waals surface area (Å²) < 4.78 is 16.4. The molecular weight excluding hydrogens is 668 g/mol. The number of benzene rings is 4. The van der Waals surface area contributed by atoms with Gasteiger partial charge >= 0.3 is 5.97 Å². The van der Waals surface area contributed by atoms with Crippen LogP contribution in [0.5, 0.6) is 0 Å². The van der Waals surface area contributed by atoms with E-state index in [1.54, 1.807) is 24.3 Å².